The predicted molar refractivity (Wildman–Crippen MR) is 74.0 cm³/mol. The number of Topliss-reactive ketones (excluding diaryl/α,β-unsaturated/α-hetero) is 1. The molecule has 1 atom stereocenters. The van der Waals surface area contributed by atoms with E-state index in [-0.39, 0.29) is 18.2 Å². The molecule has 4 nitrogen and oxygen atoms in total. The van der Waals surface area contributed by atoms with E-state index in [0.29, 0.717) is 12.0 Å². The smallest absolute Gasteiger partial charge is 0.305 e. The van der Waals surface area contributed by atoms with Crippen LogP contribution < -0.4 is 5.73 Å². The van der Waals surface area contributed by atoms with Gasteiger partial charge in [-0.25, -0.2) is 0 Å². The van der Waals surface area contributed by atoms with Crippen molar-refractivity contribution < 1.29 is 14.3 Å². The van der Waals surface area contributed by atoms with Crippen molar-refractivity contribution in [3.63, 3.8) is 0 Å². The average molecular weight is 263 g/mol. The SMILES string of the molecule is CCCc1ccc(C(=O)C(N)CCC(=O)OC)cc1. The third-order valence-corrected chi connectivity index (χ3v) is 3.00. The first kappa shape index (κ1) is 15.4. The number of benzene rings is 1. The zero-order valence-electron chi connectivity index (χ0n) is 11.5. The van der Waals surface area contributed by atoms with Gasteiger partial charge in [0.1, 0.15) is 0 Å². The monoisotopic (exact) mass is 263 g/mol. The lowest BCUT2D eigenvalue weighted by molar-refractivity contribution is -0.140. The van der Waals surface area contributed by atoms with Crippen molar-refractivity contribution in [3.05, 3.63) is 35.4 Å². The molecule has 0 spiro atoms. The number of hydrogen-bond donors (Lipinski definition) is 1. The number of nitrogens with two attached hydrogens (primary N) is 1. The number of ether oxygens (including phenoxy) is 1. The summed E-state index contributed by atoms with van der Waals surface area (Å²) in [6, 6.07) is 6.83. The molecule has 1 rings (SSSR count). The Balaban J connectivity index is 2.58. The van der Waals surface area contributed by atoms with Crippen LogP contribution in [0.1, 0.15) is 42.1 Å². The van der Waals surface area contributed by atoms with Crippen molar-refractivity contribution in [2.24, 2.45) is 5.73 Å². The molecule has 4 heteroatoms. The van der Waals surface area contributed by atoms with Crippen molar-refractivity contribution in [1.82, 2.24) is 0 Å². The minimum absolute atomic E-state index is 0.132. The highest BCUT2D eigenvalue weighted by Gasteiger charge is 2.17. The molecule has 0 radical (unpaired) electrons. The molecular weight excluding hydrogens is 242 g/mol. The van der Waals surface area contributed by atoms with Crippen LogP contribution in [-0.2, 0) is 16.0 Å². The molecule has 1 unspecified atom stereocenters. The minimum atomic E-state index is -0.656. The topological polar surface area (TPSA) is 69.4 Å². The molecule has 0 saturated carbocycles. The van der Waals surface area contributed by atoms with Crippen LogP contribution in [0.15, 0.2) is 24.3 Å². The van der Waals surface area contributed by atoms with Crippen LogP contribution in [0, 0.1) is 0 Å². The summed E-state index contributed by atoms with van der Waals surface area (Å²) < 4.78 is 4.52. The molecule has 104 valence electrons. The van der Waals surface area contributed by atoms with E-state index in [1.165, 1.54) is 12.7 Å². The molecule has 19 heavy (non-hydrogen) atoms. The Kier molecular flexibility index (Phi) is 6.22. The van der Waals surface area contributed by atoms with E-state index in [2.05, 4.69) is 11.7 Å². The fraction of sp³-hybridized carbons (Fsp3) is 0.467. The number of hydrogen-bond acceptors (Lipinski definition) is 4. The van der Waals surface area contributed by atoms with Gasteiger partial charge in [-0.15, -0.1) is 0 Å². The number of aryl methyl sites for hydroxylation is 1. The summed E-state index contributed by atoms with van der Waals surface area (Å²) in [6.45, 7) is 2.11. The molecule has 0 heterocycles. The van der Waals surface area contributed by atoms with Gasteiger partial charge in [0.15, 0.2) is 5.78 Å². The third-order valence-electron chi connectivity index (χ3n) is 3.00. The van der Waals surface area contributed by atoms with Crippen LogP contribution in [-0.4, -0.2) is 24.9 Å². The van der Waals surface area contributed by atoms with Crippen LogP contribution in [0.4, 0.5) is 0 Å². The molecule has 0 saturated heterocycles. The Morgan fingerprint density at radius 3 is 2.42 bits per heavy atom. The maximum atomic E-state index is 12.0. The summed E-state index contributed by atoms with van der Waals surface area (Å²) in [5.41, 5.74) is 7.60. The highest BCUT2D eigenvalue weighted by atomic mass is 16.5. The Bertz CT molecular complexity index is 426. The first-order valence-electron chi connectivity index (χ1n) is 6.54. The highest BCUT2D eigenvalue weighted by Crippen LogP contribution is 2.10. The molecule has 0 fully saturated rings. The van der Waals surface area contributed by atoms with Gasteiger partial charge in [-0.3, -0.25) is 9.59 Å². The molecule has 0 bridgehead atoms. The second-order valence-electron chi connectivity index (χ2n) is 4.53. The van der Waals surface area contributed by atoms with E-state index in [0.717, 1.165) is 12.8 Å². The van der Waals surface area contributed by atoms with Gasteiger partial charge in [0.25, 0.3) is 0 Å². The van der Waals surface area contributed by atoms with Gasteiger partial charge in [0, 0.05) is 12.0 Å². The Labute approximate surface area is 113 Å². The van der Waals surface area contributed by atoms with Crippen molar-refractivity contribution in [2.75, 3.05) is 7.11 Å². The van der Waals surface area contributed by atoms with E-state index in [4.69, 9.17) is 5.73 Å². The average Bonchev–Trinajstić information content (AvgIpc) is 2.44. The number of carbonyl (C=O) groups is 2. The summed E-state index contributed by atoms with van der Waals surface area (Å²) in [6.07, 6.45) is 2.55. The van der Waals surface area contributed by atoms with Crippen LogP contribution >= 0.6 is 0 Å². The van der Waals surface area contributed by atoms with E-state index in [1.807, 2.05) is 12.1 Å². The highest BCUT2D eigenvalue weighted by molar-refractivity contribution is 6.00. The van der Waals surface area contributed by atoms with Gasteiger partial charge in [-0.2, -0.15) is 0 Å². The Morgan fingerprint density at radius 2 is 1.89 bits per heavy atom. The number of esters is 1. The van der Waals surface area contributed by atoms with Gasteiger partial charge in [-0.1, -0.05) is 37.6 Å². The van der Waals surface area contributed by atoms with Crippen molar-refractivity contribution in [3.8, 4) is 0 Å². The van der Waals surface area contributed by atoms with Gasteiger partial charge >= 0.3 is 5.97 Å². The summed E-state index contributed by atoms with van der Waals surface area (Å²) in [4.78, 5) is 23.0. The molecule has 1 aromatic rings. The fourth-order valence-electron chi connectivity index (χ4n) is 1.84. The van der Waals surface area contributed by atoms with E-state index in [9.17, 15) is 9.59 Å². The maximum Gasteiger partial charge on any atom is 0.305 e. The molecule has 0 aromatic heterocycles. The zero-order chi connectivity index (χ0) is 14.3. The molecule has 2 N–H and O–H groups in total. The summed E-state index contributed by atoms with van der Waals surface area (Å²) in [5.74, 6) is -0.478. The van der Waals surface area contributed by atoms with Crippen LogP contribution in [0.2, 0.25) is 0 Å². The van der Waals surface area contributed by atoms with Gasteiger partial charge in [0.05, 0.1) is 13.2 Å². The molecular formula is C15H21NO3. The van der Waals surface area contributed by atoms with E-state index < -0.39 is 6.04 Å². The number of carbonyl (C=O) groups excluding carboxylic acids is 2. The largest absolute Gasteiger partial charge is 0.469 e. The van der Waals surface area contributed by atoms with Gasteiger partial charge in [0.2, 0.25) is 0 Å². The Morgan fingerprint density at radius 1 is 1.26 bits per heavy atom. The normalized spacial score (nSPS) is 11.9. The molecule has 1 aromatic carbocycles. The second-order valence-corrected chi connectivity index (χ2v) is 4.53. The molecule has 0 amide bonds. The summed E-state index contributed by atoms with van der Waals surface area (Å²) >= 11 is 0. The first-order chi connectivity index (χ1) is 9.08. The van der Waals surface area contributed by atoms with Crippen molar-refractivity contribution in [2.45, 2.75) is 38.6 Å². The lowest BCUT2D eigenvalue weighted by Crippen LogP contribution is -2.31. The molecule has 0 aliphatic rings. The molecule has 0 aliphatic carbocycles. The summed E-state index contributed by atoms with van der Waals surface area (Å²) in [5, 5.41) is 0. The fourth-order valence-corrected chi connectivity index (χ4v) is 1.84. The van der Waals surface area contributed by atoms with Gasteiger partial charge < -0.3 is 10.5 Å². The first-order valence-corrected chi connectivity index (χ1v) is 6.54. The van der Waals surface area contributed by atoms with Gasteiger partial charge in [-0.05, 0) is 18.4 Å². The van der Waals surface area contributed by atoms with Crippen LogP contribution in [0.3, 0.4) is 0 Å². The standard InChI is InChI=1S/C15H21NO3/c1-3-4-11-5-7-12(8-6-11)15(18)13(16)9-10-14(17)19-2/h5-8,13H,3-4,9-10,16H2,1-2H3. The number of ketones is 1. The van der Waals surface area contributed by atoms with Crippen LogP contribution in [0.25, 0.3) is 0 Å². The van der Waals surface area contributed by atoms with Crippen molar-refractivity contribution >= 4 is 11.8 Å². The number of rotatable bonds is 7. The lowest BCUT2D eigenvalue weighted by Gasteiger charge is -2.10. The quantitative estimate of drug-likeness (QED) is 0.604. The van der Waals surface area contributed by atoms with Crippen molar-refractivity contribution in [1.29, 1.82) is 0 Å². The Hall–Kier alpha value is -1.68. The van der Waals surface area contributed by atoms with Crippen LogP contribution in [0.5, 0.6) is 0 Å². The predicted octanol–water partition coefficient (Wildman–Crippen LogP) is 2.10. The third kappa shape index (κ3) is 4.83. The summed E-state index contributed by atoms with van der Waals surface area (Å²) in [7, 11) is 1.32. The minimum Gasteiger partial charge on any atom is -0.469 e. The van der Waals surface area contributed by atoms with E-state index in [1.54, 1.807) is 12.1 Å². The second kappa shape index (κ2) is 7.69. The molecule has 0 aliphatic heterocycles. The maximum absolute atomic E-state index is 12.0. The number of methoxy groups -OCH3 is 1. The van der Waals surface area contributed by atoms with E-state index >= 15 is 0 Å². The zero-order valence-corrected chi connectivity index (χ0v) is 11.5. The lowest BCUT2D eigenvalue weighted by atomic mass is 9.99.